The molecule has 0 aromatic carbocycles. The molecule has 2 bridgehead atoms. The van der Waals surface area contributed by atoms with Gasteiger partial charge in [0.1, 0.15) is 47.6 Å². The molecule has 46 heavy (non-hydrogen) atoms. The minimum atomic E-state index is -4.13. The Kier molecular flexibility index (Phi) is 8.35. The van der Waals surface area contributed by atoms with Gasteiger partial charge in [-0.3, -0.25) is 18.2 Å². The van der Waals surface area contributed by atoms with Gasteiger partial charge >= 0.3 is 13.5 Å². The number of hydrogen-bond donors (Lipinski definition) is 4. The molecule has 4 aromatic rings. The van der Waals surface area contributed by atoms with Crippen molar-refractivity contribution in [2.75, 3.05) is 31.8 Å². The van der Waals surface area contributed by atoms with E-state index in [1.807, 2.05) is 0 Å². The second kappa shape index (κ2) is 11.9. The maximum absolute atomic E-state index is 13.8. The third-order valence-electron chi connectivity index (χ3n) is 8.20. The van der Waals surface area contributed by atoms with Crippen molar-refractivity contribution in [3.63, 3.8) is 0 Å². The number of nitrogens with two attached hydrogens (primary N) is 2. The average molecular weight is 717 g/mol. The van der Waals surface area contributed by atoms with Gasteiger partial charge in [0.05, 0.1) is 32.0 Å². The first-order valence-electron chi connectivity index (χ1n) is 14.0. The van der Waals surface area contributed by atoms with Crippen LogP contribution in [0.1, 0.15) is 32.2 Å². The molecule has 7 rings (SSSR count). The van der Waals surface area contributed by atoms with Crippen LogP contribution >= 0.6 is 25.8 Å². The van der Waals surface area contributed by atoms with E-state index in [0.717, 1.165) is 0 Å². The molecule has 3 fully saturated rings. The minimum absolute atomic E-state index is 0.168. The van der Waals surface area contributed by atoms with Crippen molar-refractivity contribution in [2.24, 2.45) is 0 Å². The van der Waals surface area contributed by atoms with Crippen LogP contribution in [0.4, 0.5) is 11.6 Å². The first-order chi connectivity index (χ1) is 21.9. The van der Waals surface area contributed by atoms with Gasteiger partial charge in [-0.05, 0) is 18.2 Å². The van der Waals surface area contributed by atoms with Gasteiger partial charge in [0.25, 0.3) is 0 Å². The molecular weight excluding hydrogens is 686 g/mol. The summed E-state index contributed by atoms with van der Waals surface area (Å²) in [6.45, 7) is -6.89. The first kappa shape index (κ1) is 32.2. The van der Waals surface area contributed by atoms with E-state index < -0.39 is 56.0 Å². The fourth-order valence-electron chi connectivity index (χ4n) is 5.96. The zero-order chi connectivity index (χ0) is 32.4. The number of nitrogen functional groups attached to an aromatic ring is 2. The van der Waals surface area contributed by atoms with Crippen LogP contribution in [-0.2, 0) is 48.7 Å². The van der Waals surface area contributed by atoms with Crippen molar-refractivity contribution < 1.29 is 41.8 Å². The number of nitrogens with zero attached hydrogens (tertiary/aromatic N) is 8. The summed E-state index contributed by atoms with van der Waals surface area (Å²) < 4.78 is 59.6. The molecule has 0 saturated carbocycles. The van der Waals surface area contributed by atoms with E-state index in [1.54, 1.807) is 16.1 Å². The van der Waals surface area contributed by atoms with Crippen molar-refractivity contribution in [1.29, 1.82) is 0 Å². The highest BCUT2D eigenvalue weighted by atomic mass is 32.7. The van der Waals surface area contributed by atoms with E-state index in [4.69, 9.17) is 55.6 Å². The molecule has 5 N–H and O–H groups in total. The lowest BCUT2D eigenvalue weighted by Crippen LogP contribution is -2.48. The zero-order valence-corrected chi connectivity index (χ0v) is 27.8. The van der Waals surface area contributed by atoms with Crippen LogP contribution in [-0.4, -0.2) is 94.3 Å². The molecule has 3 aliphatic heterocycles. The minimum Gasteiger partial charge on any atom is -0.382 e. The van der Waals surface area contributed by atoms with Crippen LogP contribution in [0.3, 0.4) is 0 Å². The fourth-order valence-corrected chi connectivity index (χ4v) is 8.94. The summed E-state index contributed by atoms with van der Waals surface area (Å²) in [5.74, 6) is 0.345. The molecule has 0 spiro atoms. The van der Waals surface area contributed by atoms with Crippen molar-refractivity contribution in [3.05, 3.63) is 25.3 Å². The van der Waals surface area contributed by atoms with E-state index in [0.29, 0.717) is 22.3 Å². The highest BCUT2D eigenvalue weighted by Gasteiger charge is 2.59. The van der Waals surface area contributed by atoms with Crippen molar-refractivity contribution in [2.45, 2.75) is 62.2 Å². The van der Waals surface area contributed by atoms with E-state index in [-0.39, 0.29) is 37.7 Å². The Bertz CT molecular complexity index is 1880. The summed E-state index contributed by atoms with van der Waals surface area (Å²) >= 11 is 9.78. The van der Waals surface area contributed by atoms with Gasteiger partial charge in [-0.15, -0.1) is 0 Å². The number of hydrogen-bond acceptors (Lipinski definition) is 17. The fraction of sp³-hybridized carbons (Fsp3) is 0.565. The number of thiol groups is 1. The summed E-state index contributed by atoms with van der Waals surface area (Å²) in [4.78, 5) is 36.5. The van der Waals surface area contributed by atoms with Crippen LogP contribution in [0.5, 0.6) is 0 Å². The molecule has 0 amide bonds. The topological polar surface area (TPSA) is 241 Å². The number of aromatic nitrogens is 8. The lowest BCUT2D eigenvalue weighted by molar-refractivity contribution is -0.125. The monoisotopic (exact) mass is 716 g/mol. The molecule has 9 atom stereocenters. The van der Waals surface area contributed by atoms with Gasteiger partial charge in [-0.1, -0.05) is 19.2 Å². The molecule has 3 saturated heterocycles. The lowest BCUT2D eigenvalue weighted by atomic mass is 9.93. The molecule has 0 radical (unpaired) electrons. The summed E-state index contributed by atoms with van der Waals surface area (Å²) in [5, 5.41) is 0. The second-order valence-corrected chi connectivity index (χ2v) is 16.5. The van der Waals surface area contributed by atoms with Crippen LogP contribution < -0.4 is 11.5 Å². The molecule has 19 nitrogen and oxygen atoms in total. The smallest absolute Gasteiger partial charge is 0.382 e. The Hall–Kier alpha value is -2.39. The second-order valence-electron chi connectivity index (χ2n) is 10.9. The SMILES string of the molecule is CC[C@@]12COP(O)(=S)O[C@@H]3C[C@@H](COP(=O)(S)O[C@H]1[C@@H](OC)[C@H](n1cnc4c(N)ncnc41)O2)O[C@H]3n1cnc2c(N)ncnc21. The van der Waals surface area contributed by atoms with Gasteiger partial charge in [-0.2, -0.15) is 0 Å². The molecular formula is C23H30N10O9P2S2. The van der Waals surface area contributed by atoms with Crippen molar-refractivity contribution >= 4 is 71.5 Å². The maximum atomic E-state index is 13.8. The Labute approximate surface area is 271 Å². The summed E-state index contributed by atoms with van der Waals surface area (Å²) in [7, 11) is 1.44. The number of ether oxygens (including phenoxy) is 3. The third kappa shape index (κ3) is 5.61. The number of fused-ring (bicyclic) bond motifs is 5. The standard InChI is InChI=1S/C23H30N10O9P2S2/c1-3-23-6-38-44(35,46)41-12-4-11(39-21(12)32-9-30-13-17(24)26-7-28-19(13)32)5-37-43(34,45)42-16(23)15(36-2)22(40-23)33-10-31-14-18(25)27-8-29-20(14)33/h7-12,15-16,21-22H,3-6H2,1-2H3,(H,34,45)(H,35,46)(H2,24,26,28)(H2,25,27,29)/t11-,12+,15+,16-,21+,22+,23+,43?,44?/m0/s1. The van der Waals surface area contributed by atoms with E-state index in [1.165, 1.54) is 32.4 Å². The Morgan fingerprint density at radius 1 is 1.04 bits per heavy atom. The van der Waals surface area contributed by atoms with Crippen molar-refractivity contribution in [1.82, 2.24) is 39.0 Å². The Morgan fingerprint density at radius 2 is 1.67 bits per heavy atom. The van der Waals surface area contributed by atoms with Crippen LogP contribution in [0.2, 0.25) is 0 Å². The van der Waals surface area contributed by atoms with E-state index >= 15 is 0 Å². The van der Waals surface area contributed by atoms with Crippen LogP contribution in [0.25, 0.3) is 22.3 Å². The molecule has 23 heteroatoms. The molecule has 3 aliphatic rings. The summed E-state index contributed by atoms with van der Waals surface area (Å²) in [5.41, 5.74) is 12.0. The molecule has 0 aliphatic carbocycles. The maximum Gasteiger partial charge on any atom is 0.386 e. The molecule has 4 aromatic heterocycles. The quantitative estimate of drug-likeness (QED) is 0.174. The molecule has 248 valence electrons. The predicted octanol–water partition coefficient (Wildman–Crippen LogP) is 1.88. The van der Waals surface area contributed by atoms with Gasteiger partial charge in [0.2, 0.25) is 0 Å². The van der Waals surface area contributed by atoms with Crippen molar-refractivity contribution in [3.8, 4) is 0 Å². The average Bonchev–Trinajstić information content (AvgIpc) is 3.79. The number of methoxy groups -OCH3 is 1. The number of imidazole rings is 2. The van der Waals surface area contributed by atoms with Crippen LogP contribution in [0, 0.1) is 0 Å². The number of rotatable bonds is 4. The largest absolute Gasteiger partial charge is 0.386 e. The summed E-state index contributed by atoms with van der Waals surface area (Å²) in [6, 6.07) is 0. The van der Waals surface area contributed by atoms with Gasteiger partial charge in [0, 0.05) is 13.5 Å². The van der Waals surface area contributed by atoms with Gasteiger partial charge in [0.15, 0.2) is 35.4 Å². The normalized spacial score (nSPS) is 37.1. The highest BCUT2D eigenvalue weighted by molar-refractivity contribution is 8.44. The predicted molar refractivity (Wildman–Crippen MR) is 167 cm³/mol. The third-order valence-corrected chi connectivity index (χ3v) is 11.4. The lowest BCUT2D eigenvalue weighted by Gasteiger charge is -2.35. The van der Waals surface area contributed by atoms with E-state index in [2.05, 4.69) is 42.2 Å². The zero-order valence-electron chi connectivity index (χ0n) is 24.3. The van der Waals surface area contributed by atoms with Gasteiger partial charge in [-0.25, -0.2) is 34.5 Å². The summed E-state index contributed by atoms with van der Waals surface area (Å²) in [6.07, 6.45) is 0.474. The highest BCUT2D eigenvalue weighted by Crippen LogP contribution is 2.60. The van der Waals surface area contributed by atoms with Crippen LogP contribution in [0.15, 0.2) is 25.3 Å². The Balaban J connectivity index is 1.24. The Morgan fingerprint density at radius 3 is 2.28 bits per heavy atom. The first-order valence-corrected chi connectivity index (χ1v) is 19.3. The molecule has 2 unspecified atom stereocenters. The van der Waals surface area contributed by atoms with E-state index in [9.17, 15) is 9.46 Å². The number of anilines is 2. The van der Waals surface area contributed by atoms with Gasteiger partial charge < -0.3 is 39.6 Å². The molecule has 7 heterocycles.